The number of hydrogen-bond acceptors (Lipinski definition) is 6. The Morgan fingerprint density at radius 3 is 2.76 bits per heavy atom. The number of nitrogens with zero attached hydrogens (tertiary/aromatic N) is 1. The summed E-state index contributed by atoms with van der Waals surface area (Å²) in [6.07, 6.45) is -0.140. The van der Waals surface area contributed by atoms with E-state index in [4.69, 9.17) is 4.74 Å². The first-order valence-corrected chi connectivity index (χ1v) is 8.08. The van der Waals surface area contributed by atoms with E-state index in [1.54, 1.807) is 0 Å². The van der Waals surface area contributed by atoms with Crippen LogP contribution in [0.25, 0.3) is 0 Å². The first-order chi connectivity index (χ1) is 11.8. The molecule has 0 radical (unpaired) electrons. The molecule has 1 aromatic carbocycles. The molecule has 2 rings (SSSR count). The van der Waals surface area contributed by atoms with Gasteiger partial charge in [0.05, 0.1) is 29.3 Å². The number of nitro groups is 1. The summed E-state index contributed by atoms with van der Waals surface area (Å²) >= 11 is 0. The molecule has 1 fully saturated rings. The molecule has 0 spiro atoms. The second-order valence-electron chi connectivity index (χ2n) is 6.41. The van der Waals surface area contributed by atoms with Crippen molar-refractivity contribution in [3.05, 3.63) is 34.1 Å². The fourth-order valence-electron chi connectivity index (χ4n) is 2.63. The van der Waals surface area contributed by atoms with Gasteiger partial charge < -0.3 is 20.5 Å². The first kappa shape index (κ1) is 19.1. The molecule has 1 aliphatic heterocycles. The topological polar surface area (TPSA) is 114 Å². The average molecular weight is 355 g/mol. The van der Waals surface area contributed by atoms with E-state index in [0.29, 0.717) is 19.4 Å². The van der Waals surface area contributed by atoms with E-state index in [1.807, 2.05) is 13.8 Å². The van der Waals surface area contributed by atoms with E-state index in [0.717, 1.165) is 6.07 Å². The lowest BCUT2D eigenvalue weighted by atomic mass is 10.0. The maximum absolute atomic E-state index is 14.1. The molecule has 0 saturated carbocycles. The summed E-state index contributed by atoms with van der Waals surface area (Å²) < 4.78 is 19.1. The smallest absolute Gasteiger partial charge is 0.272 e. The van der Waals surface area contributed by atoms with Crippen LogP contribution in [0.5, 0.6) is 0 Å². The maximum atomic E-state index is 14.1. The fraction of sp³-hybridized carbons (Fsp3) is 0.562. The highest BCUT2D eigenvalue weighted by molar-refractivity contribution is 5.85. The molecular formula is C16H22FN3O5. The molecule has 1 aromatic rings. The average Bonchev–Trinajstić information content (AvgIpc) is 2.92. The number of benzene rings is 1. The van der Waals surface area contributed by atoms with E-state index < -0.39 is 29.1 Å². The number of anilines is 1. The standard InChI is InChI=1S/C16H22FN3O5/c1-9(2)7-14(15(21)19-13-5-6-25-16(13)22)18-12-4-3-10(20(23)24)8-11(12)17/h3-4,8-9,13-14,16,18,22H,5-7H2,1-2H3,(H,19,21)/t13-,14-,16?/m0/s1. The fourth-order valence-corrected chi connectivity index (χ4v) is 2.63. The first-order valence-electron chi connectivity index (χ1n) is 8.08. The van der Waals surface area contributed by atoms with Crippen LogP contribution in [-0.2, 0) is 9.53 Å². The Morgan fingerprint density at radius 1 is 1.52 bits per heavy atom. The summed E-state index contributed by atoms with van der Waals surface area (Å²) in [6.45, 7) is 4.19. The lowest BCUT2D eigenvalue weighted by Gasteiger charge is -2.24. The summed E-state index contributed by atoms with van der Waals surface area (Å²) in [5.41, 5.74) is -0.353. The van der Waals surface area contributed by atoms with Crippen molar-refractivity contribution in [2.75, 3.05) is 11.9 Å². The van der Waals surface area contributed by atoms with Crippen LogP contribution in [0.4, 0.5) is 15.8 Å². The molecule has 0 bridgehead atoms. The number of carbonyl (C=O) groups excluding carboxylic acids is 1. The van der Waals surface area contributed by atoms with Crippen molar-refractivity contribution in [3.63, 3.8) is 0 Å². The Balaban J connectivity index is 2.11. The van der Waals surface area contributed by atoms with Crippen LogP contribution in [0.15, 0.2) is 18.2 Å². The number of carbonyl (C=O) groups is 1. The summed E-state index contributed by atoms with van der Waals surface area (Å²) in [4.78, 5) is 22.5. The van der Waals surface area contributed by atoms with Gasteiger partial charge in [0.25, 0.3) is 5.69 Å². The molecule has 0 aromatic heterocycles. The van der Waals surface area contributed by atoms with E-state index in [2.05, 4.69) is 10.6 Å². The van der Waals surface area contributed by atoms with Crippen LogP contribution in [-0.4, -0.2) is 40.9 Å². The Hall–Kier alpha value is -2.26. The molecule has 138 valence electrons. The normalized spacial score (nSPS) is 21.2. The highest BCUT2D eigenvalue weighted by Crippen LogP contribution is 2.23. The van der Waals surface area contributed by atoms with Crippen LogP contribution in [0.2, 0.25) is 0 Å². The third kappa shape index (κ3) is 5.10. The summed E-state index contributed by atoms with van der Waals surface area (Å²) in [5, 5.41) is 25.8. The summed E-state index contributed by atoms with van der Waals surface area (Å²) in [6, 6.07) is 1.96. The van der Waals surface area contributed by atoms with Gasteiger partial charge in [0.2, 0.25) is 5.91 Å². The van der Waals surface area contributed by atoms with Crippen LogP contribution < -0.4 is 10.6 Å². The molecule has 3 N–H and O–H groups in total. The number of hydrogen-bond donors (Lipinski definition) is 3. The van der Waals surface area contributed by atoms with E-state index in [-0.39, 0.29) is 23.2 Å². The highest BCUT2D eigenvalue weighted by atomic mass is 19.1. The zero-order valence-electron chi connectivity index (χ0n) is 14.1. The molecule has 8 nitrogen and oxygen atoms in total. The molecule has 1 amide bonds. The SMILES string of the molecule is CC(C)C[C@H](Nc1ccc([N+](=O)[O-])cc1F)C(=O)N[C@H]1CCOC1O. The van der Waals surface area contributed by atoms with E-state index in [9.17, 15) is 24.4 Å². The molecule has 1 unspecified atom stereocenters. The molecular weight excluding hydrogens is 333 g/mol. The van der Waals surface area contributed by atoms with E-state index >= 15 is 0 Å². The van der Waals surface area contributed by atoms with Crippen LogP contribution >= 0.6 is 0 Å². The van der Waals surface area contributed by atoms with Gasteiger partial charge >= 0.3 is 0 Å². The highest BCUT2D eigenvalue weighted by Gasteiger charge is 2.30. The van der Waals surface area contributed by atoms with Crippen LogP contribution in [0.3, 0.4) is 0 Å². The number of amides is 1. The van der Waals surface area contributed by atoms with Gasteiger partial charge in [-0.2, -0.15) is 0 Å². The lowest BCUT2D eigenvalue weighted by Crippen LogP contribution is -2.48. The monoisotopic (exact) mass is 355 g/mol. The summed E-state index contributed by atoms with van der Waals surface area (Å²) in [5.74, 6) is -1.05. The Kier molecular flexibility index (Phi) is 6.27. The van der Waals surface area contributed by atoms with Gasteiger partial charge in [-0.1, -0.05) is 13.8 Å². The number of nitro benzene ring substituents is 1. The maximum Gasteiger partial charge on any atom is 0.272 e. The number of non-ortho nitro benzene ring substituents is 1. The molecule has 1 saturated heterocycles. The minimum Gasteiger partial charge on any atom is -0.371 e. The van der Waals surface area contributed by atoms with Gasteiger partial charge in [-0.25, -0.2) is 4.39 Å². The minimum absolute atomic E-state index is 0.00891. The molecule has 0 aliphatic carbocycles. The Bertz CT molecular complexity index is 640. The van der Waals surface area contributed by atoms with Crippen molar-refractivity contribution in [1.29, 1.82) is 0 Å². The molecule has 9 heteroatoms. The van der Waals surface area contributed by atoms with Crippen molar-refractivity contribution in [3.8, 4) is 0 Å². The predicted molar refractivity (Wildman–Crippen MR) is 88.4 cm³/mol. The van der Waals surface area contributed by atoms with E-state index in [1.165, 1.54) is 12.1 Å². The van der Waals surface area contributed by atoms with Gasteiger partial charge in [0.15, 0.2) is 12.1 Å². The predicted octanol–water partition coefficient (Wildman–Crippen LogP) is 1.78. The molecule has 3 atom stereocenters. The minimum atomic E-state index is -1.06. The summed E-state index contributed by atoms with van der Waals surface area (Å²) in [7, 11) is 0. The Morgan fingerprint density at radius 2 is 2.24 bits per heavy atom. The number of halogens is 1. The number of aliphatic hydroxyl groups is 1. The zero-order valence-corrected chi connectivity index (χ0v) is 14.1. The lowest BCUT2D eigenvalue weighted by molar-refractivity contribution is -0.385. The third-order valence-electron chi connectivity index (χ3n) is 3.91. The van der Waals surface area contributed by atoms with Gasteiger partial charge in [0.1, 0.15) is 6.04 Å². The number of rotatable bonds is 7. The number of ether oxygens (including phenoxy) is 1. The zero-order chi connectivity index (χ0) is 18.6. The second-order valence-corrected chi connectivity index (χ2v) is 6.41. The number of nitrogens with one attached hydrogen (secondary N) is 2. The van der Waals surface area contributed by atoms with Crippen molar-refractivity contribution in [1.82, 2.24) is 5.32 Å². The largest absolute Gasteiger partial charge is 0.371 e. The van der Waals surface area contributed by atoms with Gasteiger partial charge in [-0.3, -0.25) is 14.9 Å². The third-order valence-corrected chi connectivity index (χ3v) is 3.91. The molecule has 25 heavy (non-hydrogen) atoms. The van der Waals surface area contributed by atoms with Crippen LogP contribution in [0, 0.1) is 21.8 Å². The van der Waals surface area contributed by atoms with Crippen molar-refractivity contribution >= 4 is 17.3 Å². The van der Waals surface area contributed by atoms with Crippen molar-refractivity contribution in [2.45, 2.75) is 45.1 Å². The van der Waals surface area contributed by atoms with Gasteiger partial charge in [0, 0.05) is 6.07 Å². The number of aliphatic hydroxyl groups excluding tert-OH is 1. The molecule has 1 aliphatic rings. The second kappa shape index (κ2) is 8.21. The quantitative estimate of drug-likeness (QED) is 0.507. The van der Waals surface area contributed by atoms with Gasteiger partial charge in [-0.05, 0) is 24.8 Å². The van der Waals surface area contributed by atoms with Crippen molar-refractivity contribution < 1.29 is 24.0 Å². The van der Waals surface area contributed by atoms with Crippen molar-refractivity contribution in [2.24, 2.45) is 5.92 Å². The van der Waals surface area contributed by atoms with Crippen LogP contribution in [0.1, 0.15) is 26.7 Å². The molecule has 1 heterocycles. The van der Waals surface area contributed by atoms with Gasteiger partial charge in [-0.15, -0.1) is 0 Å². The Labute approximate surface area is 144 Å².